The summed E-state index contributed by atoms with van der Waals surface area (Å²) in [7, 11) is -2.35. The van der Waals surface area contributed by atoms with Gasteiger partial charge in [0.1, 0.15) is 0 Å². The van der Waals surface area contributed by atoms with Crippen molar-refractivity contribution in [1.29, 1.82) is 0 Å². The van der Waals surface area contributed by atoms with Crippen molar-refractivity contribution in [3.05, 3.63) is 120 Å². The molecule has 0 radical (unpaired) electrons. The summed E-state index contributed by atoms with van der Waals surface area (Å²) < 4.78 is 0. The topological polar surface area (TPSA) is 0 Å². The number of hydrogen-bond donors (Lipinski definition) is 0. The Morgan fingerprint density at radius 1 is 0.393 bits per heavy atom. The second-order valence-electron chi connectivity index (χ2n) is 7.21. The Hall–Kier alpha value is -2.90. The van der Waals surface area contributed by atoms with Gasteiger partial charge in [0.25, 0.3) is 0 Å². The maximum absolute atomic E-state index is 2.35. The molecule has 1 heteroatoms. The first kappa shape index (κ1) is 19.8. The van der Waals surface area contributed by atoms with E-state index in [1.807, 2.05) is 0 Å². The molecule has 4 rings (SSSR count). The van der Waals surface area contributed by atoms with Gasteiger partial charge in [-0.1, -0.05) is 128 Å². The fourth-order valence-corrected chi connectivity index (χ4v) is 8.70. The van der Waals surface area contributed by atoms with E-state index < -0.39 is 8.07 Å². The average Bonchev–Trinajstić information content (AvgIpc) is 2.73. The predicted octanol–water partition coefficient (Wildman–Crippen LogP) is 4.32. The van der Waals surface area contributed by atoms with Gasteiger partial charge >= 0.3 is 0 Å². The zero-order chi connectivity index (χ0) is 18.7. The summed E-state index contributed by atoms with van der Waals surface area (Å²) in [4.78, 5) is 0. The number of rotatable bonds is 4. The highest BCUT2D eigenvalue weighted by Gasteiger charge is 2.41. The molecule has 28 heavy (non-hydrogen) atoms. The van der Waals surface area contributed by atoms with E-state index in [-0.39, 0.29) is 7.43 Å². The number of aryl methyl sites for hydroxylation is 2. The van der Waals surface area contributed by atoms with Gasteiger partial charge in [0.05, 0.1) is 0 Å². The summed E-state index contributed by atoms with van der Waals surface area (Å²) in [6.45, 7) is 4.31. The molecule has 0 unspecified atom stereocenters. The van der Waals surface area contributed by atoms with Crippen molar-refractivity contribution in [2.45, 2.75) is 21.3 Å². The van der Waals surface area contributed by atoms with Crippen LogP contribution in [0, 0.1) is 13.8 Å². The van der Waals surface area contributed by atoms with Gasteiger partial charge in [-0.2, -0.15) is 0 Å². The lowest BCUT2D eigenvalue weighted by Gasteiger charge is -2.34. The number of hydrogen-bond acceptors (Lipinski definition) is 0. The maximum atomic E-state index is 2.33. The zero-order valence-corrected chi connectivity index (χ0v) is 16.9. The molecule has 0 aliphatic heterocycles. The first-order chi connectivity index (χ1) is 13.2. The zero-order valence-electron chi connectivity index (χ0n) is 15.9. The van der Waals surface area contributed by atoms with Crippen LogP contribution in [0.2, 0.25) is 0 Å². The highest BCUT2D eigenvalue weighted by Crippen LogP contribution is 2.10. The lowest BCUT2D eigenvalue weighted by molar-refractivity contribution is 1.48. The molecule has 0 N–H and O–H groups in total. The molecule has 0 spiro atoms. The van der Waals surface area contributed by atoms with E-state index >= 15 is 0 Å². The molecule has 0 aromatic heterocycles. The highest BCUT2D eigenvalue weighted by molar-refractivity contribution is 7.19. The molecular weight excluding hydrogens is 352 g/mol. The van der Waals surface area contributed by atoms with E-state index in [9.17, 15) is 0 Å². The third-order valence-corrected chi connectivity index (χ3v) is 10.2. The second kappa shape index (κ2) is 8.41. The van der Waals surface area contributed by atoms with Crippen LogP contribution in [0.25, 0.3) is 0 Å². The molecular formula is C27H28Si. The molecule has 0 bridgehead atoms. The minimum absolute atomic E-state index is 0. The van der Waals surface area contributed by atoms with Gasteiger partial charge in [0.2, 0.25) is 0 Å². The molecule has 0 amide bonds. The predicted molar refractivity (Wildman–Crippen MR) is 126 cm³/mol. The van der Waals surface area contributed by atoms with Crippen LogP contribution in [0.4, 0.5) is 0 Å². The molecule has 0 aliphatic carbocycles. The van der Waals surface area contributed by atoms with Crippen molar-refractivity contribution >= 4 is 28.8 Å². The van der Waals surface area contributed by atoms with Gasteiger partial charge in [0.15, 0.2) is 8.07 Å². The van der Waals surface area contributed by atoms with Crippen LogP contribution in [0.1, 0.15) is 18.6 Å². The minimum Gasteiger partial charge on any atom is -0.0776 e. The standard InChI is InChI=1S/C26H24Si.CH4/c1-21-13-17-25(18-14-21)27(23-9-5-3-6-10-23,24-11-7-4-8-12-24)26-19-15-22(2)16-20-26;/h3-20H,1-2H3;1H4. The fraction of sp³-hybridized carbons (Fsp3) is 0.111. The van der Waals surface area contributed by atoms with Crippen molar-refractivity contribution in [1.82, 2.24) is 0 Å². The molecule has 0 saturated heterocycles. The van der Waals surface area contributed by atoms with Crippen LogP contribution in [-0.2, 0) is 0 Å². The Bertz CT molecular complexity index is 914. The molecule has 0 aliphatic rings. The Morgan fingerprint density at radius 3 is 1.00 bits per heavy atom. The van der Waals surface area contributed by atoms with Gasteiger partial charge in [0, 0.05) is 0 Å². The van der Waals surface area contributed by atoms with E-state index in [2.05, 4.69) is 123 Å². The first-order valence-electron chi connectivity index (χ1n) is 9.46. The monoisotopic (exact) mass is 380 g/mol. The van der Waals surface area contributed by atoms with Crippen LogP contribution in [0.15, 0.2) is 109 Å². The molecule has 0 saturated carbocycles. The van der Waals surface area contributed by atoms with Crippen LogP contribution in [-0.4, -0.2) is 8.07 Å². The van der Waals surface area contributed by atoms with E-state index in [1.54, 1.807) is 0 Å². The van der Waals surface area contributed by atoms with Crippen molar-refractivity contribution in [3.63, 3.8) is 0 Å². The lowest BCUT2D eigenvalue weighted by Crippen LogP contribution is -2.74. The Kier molecular flexibility index (Phi) is 5.96. The summed E-state index contributed by atoms with van der Waals surface area (Å²) in [6.07, 6.45) is 0. The third-order valence-electron chi connectivity index (χ3n) is 5.38. The van der Waals surface area contributed by atoms with E-state index in [4.69, 9.17) is 0 Å². The largest absolute Gasteiger partial charge is 0.179 e. The van der Waals surface area contributed by atoms with Crippen LogP contribution >= 0.6 is 0 Å². The lowest BCUT2D eigenvalue weighted by atomic mass is 10.2. The van der Waals surface area contributed by atoms with Crippen LogP contribution in [0.5, 0.6) is 0 Å². The second-order valence-corrected chi connectivity index (χ2v) is 11.0. The van der Waals surface area contributed by atoms with Crippen LogP contribution in [0.3, 0.4) is 0 Å². The smallest absolute Gasteiger partial charge is 0.0776 e. The quantitative estimate of drug-likeness (QED) is 0.365. The number of benzene rings is 4. The molecule has 0 nitrogen and oxygen atoms in total. The third kappa shape index (κ3) is 3.46. The normalized spacial score (nSPS) is 10.9. The molecule has 0 atom stereocenters. The summed E-state index contributed by atoms with van der Waals surface area (Å²) in [5.74, 6) is 0. The van der Waals surface area contributed by atoms with Crippen LogP contribution < -0.4 is 20.7 Å². The van der Waals surface area contributed by atoms with Crippen molar-refractivity contribution in [2.24, 2.45) is 0 Å². The molecule has 4 aromatic carbocycles. The first-order valence-corrected chi connectivity index (χ1v) is 11.5. The summed E-state index contributed by atoms with van der Waals surface area (Å²) >= 11 is 0. The van der Waals surface area contributed by atoms with E-state index in [0.29, 0.717) is 0 Å². The van der Waals surface area contributed by atoms with Gasteiger partial charge in [-0.15, -0.1) is 0 Å². The Morgan fingerprint density at radius 2 is 0.679 bits per heavy atom. The Balaban J connectivity index is 0.00000225. The fourth-order valence-electron chi connectivity index (χ4n) is 3.98. The van der Waals surface area contributed by atoms with Gasteiger partial charge in [-0.05, 0) is 34.6 Å². The minimum atomic E-state index is -2.35. The van der Waals surface area contributed by atoms with Gasteiger partial charge < -0.3 is 0 Å². The average molecular weight is 381 g/mol. The van der Waals surface area contributed by atoms with E-state index in [1.165, 1.54) is 31.9 Å². The van der Waals surface area contributed by atoms with Gasteiger partial charge in [-0.3, -0.25) is 0 Å². The molecule has 0 heterocycles. The van der Waals surface area contributed by atoms with Crippen molar-refractivity contribution in [2.75, 3.05) is 0 Å². The SMILES string of the molecule is C.Cc1ccc([Si](c2ccccc2)(c2ccccc2)c2ccc(C)cc2)cc1. The maximum Gasteiger partial charge on any atom is 0.179 e. The van der Waals surface area contributed by atoms with Gasteiger partial charge in [-0.25, -0.2) is 0 Å². The molecule has 0 fully saturated rings. The summed E-state index contributed by atoms with van der Waals surface area (Å²) in [5, 5.41) is 5.69. The van der Waals surface area contributed by atoms with Crippen molar-refractivity contribution < 1.29 is 0 Å². The van der Waals surface area contributed by atoms with Crippen molar-refractivity contribution in [3.8, 4) is 0 Å². The molecule has 140 valence electrons. The highest BCUT2D eigenvalue weighted by atomic mass is 28.3. The Labute approximate surface area is 170 Å². The van der Waals surface area contributed by atoms with E-state index in [0.717, 1.165) is 0 Å². The summed E-state index contributed by atoms with van der Waals surface area (Å²) in [5.41, 5.74) is 2.60. The molecule has 4 aromatic rings. The summed E-state index contributed by atoms with van der Waals surface area (Å²) in [6, 6.07) is 40.4.